The Morgan fingerprint density at radius 1 is 1.21 bits per heavy atom. The van der Waals surface area contributed by atoms with Crippen LogP contribution in [0.3, 0.4) is 0 Å². The van der Waals surface area contributed by atoms with E-state index in [1.54, 1.807) is 4.90 Å². The minimum atomic E-state index is -0.604. The predicted octanol–water partition coefficient (Wildman–Crippen LogP) is 4.42. The Morgan fingerprint density at radius 3 is 2.66 bits per heavy atom. The Morgan fingerprint density at radius 2 is 1.97 bits per heavy atom. The third-order valence-electron chi connectivity index (χ3n) is 5.29. The van der Waals surface area contributed by atoms with Gasteiger partial charge in [-0.1, -0.05) is 44.2 Å². The van der Waals surface area contributed by atoms with Gasteiger partial charge in [-0.15, -0.1) is 0 Å². The highest BCUT2D eigenvalue weighted by atomic mass is 16.5. The Labute approximate surface area is 173 Å². The zero-order chi connectivity index (χ0) is 21.1. The predicted molar refractivity (Wildman–Crippen MR) is 115 cm³/mol. The van der Waals surface area contributed by atoms with Gasteiger partial charge in [0.2, 0.25) is 5.91 Å². The van der Waals surface area contributed by atoms with Crippen LogP contribution in [0.25, 0.3) is 0 Å². The van der Waals surface area contributed by atoms with Crippen LogP contribution in [0.15, 0.2) is 36.4 Å². The molecule has 29 heavy (non-hydrogen) atoms. The molecule has 0 aliphatic carbocycles. The summed E-state index contributed by atoms with van der Waals surface area (Å²) < 4.78 is 6.08. The molecule has 0 saturated heterocycles. The van der Waals surface area contributed by atoms with E-state index in [1.165, 1.54) is 18.1 Å². The summed E-state index contributed by atoms with van der Waals surface area (Å²) in [5.74, 6) is 1.02. The molecule has 0 radical (unpaired) electrons. The number of para-hydroxylation sites is 1. The van der Waals surface area contributed by atoms with Crippen LogP contribution in [0, 0.1) is 13.8 Å². The molecule has 0 bridgehead atoms. The van der Waals surface area contributed by atoms with Crippen molar-refractivity contribution in [3.8, 4) is 5.75 Å². The van der Waals surface area contributed by atoms with Crippen molar-refractivity contribution >= 4 is 17.5 Å². The van der Waals surface area contributed by atoms with E-state index in [9.17, 15) is 9.59 Å². The summed E-state index contributed by atoms with van der Waals surface area (Å²) in [4.78, 5) is 26.3. The molecule has 0 unspecified atom stereocenters. The third kappa shape index (κ3) is 4.44. The molecule has 5 heteroatoms. The number of fused-ring (bicyclic) bond motifs is 1. The van der Waals surface area contributed by atoms with Gasteiger partial charge in [0, 0.05) is 19.0 Å². The molecule has 0 spiro atoms. The normalized spacial score (nSPS) is 15.6. The van der Waals surface area contributed by atoms with Gasteiger partial charge in [0.25, 0.3) is 5.91 Å². The van der Waals surface area contributed by atoms with E-state index >= 15 is 0 Å². The first-order valence-electron chi connectivity index (χ1n) is 10.2. The van der Waals surface area contributed by atoms with Crippen molar-refractivity contribution in [3.63, 3.8) is 0 Å². The lowest BCUT2D eigenvalue weighted by atomic mass is 10.0. The van der Waals surface area contributed by atoms with Crippen LogP contribution in [0.1, 0.15) is 61.4 Å². The standard InChI is InChI=1S/C24H30N2O3/c1-15(2)19-11-10-16(3)14-21(19)29-13-7-12-26-23-17(4)8-6-9-20(23)22(24(26)28)25-18(5)27/h6,8-11,14-15,22H,7,12-13H2,1-5H3,(H,25,27)/t22-/m0/s1. The van der Waals surface area contributed by atoms with Crippen LogP contribution in [0.2, 0.25) is 0 Å². The number of nitrogens with zero attached hydrogens (tertiary/aromatic N) is 1. The van der Waals surface area contributed by atoms with Crippen LogP contribution in [-0.2, 0) is 9.59 Å². The number of ether oxygens (including phenoxy) is 1. The number of carbonyl (C=O) groups excluding carboxylic acids is 2. The van der Waals surface area contributed by atoms with Gasteiger partial charge in [-0.25, -0.2) is 0 Å². The van der Waals surface area contributed by atoms with Crippen LogP contribution >= 0.6 is 0 Å². The van der Waals surface area contributed by atoms with Crippen molar-refractivity contribution in [3.05, 3.63) is 58.7 Å². The van der Waals surface area contributed by atoms with E-state index in [0.29, 0.717) is 25.5 Å². The Hall–Kier alpha value is -2.82. The average molecular weight is 395 g/mol. The van der Waals surface area contributed by atoms with E-state index in [4.69, 9.17) is 4.74 Å². The Bertz CT molecular complexity index is 920. The van der Waals surface area contributed by atoms with Gasteiger partial charge in [0.05, 0.1) is 12.3 Å². The van der Waals surface area contributed by atoms with Crippen LogP contribution in [0.4, 0.5) is 5.69 Å². The first-order valence-corrected chi connectivity index (χ1v) is 10.2. The molecule has 1 atom stereocenters. The molecular formula is C24H30N2O3. The van der Waals surface area contributed by atoms with Gasteiger partial charge in [-0.3, -0.25) is 9.59 Å². The summed E-state index contributed by atoms with van der Waals surface area (Å²) in [6.07, 6.45) is 0.706. The highest BCUT2D eigenvalue weighted by molar-refractivity contribution is 6.06. The fourth-order valence-corrected chi connectivity index (χ4v) is 3.90. The molecular weight excluding hydrogens is 364 g/mol. The van der Waals surface area contributed by atoms with Gasteiger partial charge < -0.3 is 15.0 Å². The second kappa shape index (κ2) is 8.68. The third-order valence-corrected chi connectivity index (χ3v) is 5.29. The largest absolute Gasteiger partial charge is 0.493 e. The number of carbonyl (C=O) groups is 2. The fraction of sp³-hybridized carbons (Fsp3) is 0.417. The number of amides is 2. The SMILES string of the molecule is CC(=O)N[C@@H]1C(=O)N(CCCOc2cc(C)ccc2C(C)C)c2c(C)cccc21. The van der Waals surface area contributed by atoms with Gasteiger partial charge in [0.15, 0.2) is 0 Å². The maximum Gasteiger partial charge on any atom is 0.254 e. The maximum atomic E-state index is 13.0. The number of aryl methyl sites for hydroxylation is 2. The Balaban J connectivity index is 1.70. The lowest BCUT2D eigenvalue weighted by Crippen LogP contribution is -2.37. The fourth-order valence-electron chi connectivity index (χ4n) is 3.90. The molecule has 2 amide bonds. The Kier molecular flexibility index (Phi) is 6.26. The minimum Gasteiger partial charge on any atom is -0.493 e. The smallest absolute Gasteiger partial charge is 0.254 e. The van der Waals surface area contributed by atoms with Crippen molar-refractivity contribution in [1.29, 1.82) is 0 Å². The average Bonchev–Trinajstić information content (AvgIpc) is 2.91. The first-order chi connectivity index (χ1) is 13.8. The lowest BCUT2D eigenvalue weighted by molar-refractivity contribution is -0.126. The van der Waals surface area contributed by atoms with E-state index in [1.807, 2.05) is 25.1 Å². The van der Waals surface area contributed by atoms with E-state index < -0.39 is 6.04 Å². The molecule has 0 fully saturated rings. The number of hydrogen-bond acceptors (Lipinski definition) is 3. The van der Waals surface area contributed by atoms with Crippen molar-refractivity contribution in [2.24, 2.45) is 0 Å². The molecule has 154 valence electrons. The summed E-state index contributed by atoms with van der Waals surface area (Å²) in [5, 5.41) is 2.79. The number of anilines is 1. The molecule has 2 aromatic carbocycles. The van der Waals surface area contributed by atoms with Gasteiger partial charge >= 0.3 is 0 Å². The summed E-state index contributed by atoms with van der Waals surface area (Å²) >= 11 is 0. The summed E-state index contributed by atoms with van der Waals surface area (Å²) in [6, 6.07) is 11.5. The molecule has 5 nitrogen and oxygen atoms in total. The van der Waals surface area contributed by atoms with Crippen LogP contribution in [-0.4, -0.2) is 25.0 Å². The molecule has 0 saturated carbocycles. The summed E-state index contributed by atoms with van der Waals surface area (Å²) in [5.41, 5.74) is 5.17. The molecule has 0 aromatic heterocycles. The number of benzene rings is 2. The van der Waals surface area contributed by atoms with Crippen LogP contribution in [0.5, 0.6) is 5.75 Å². The minimum absolute atomic E-state index is 0.0806. The highest BCUT2D eigenvalue weighted by Crippen LogP contribution is 2.38. The van der Waals surface area contributed by atoms with Crippen molar-refractivity contribution in [1.82, 2.24) is 5.32 Å². The quantitative estimate of drug-likeness (QED) is 0.707. The molecule has 1 heterocycles. The van der Waals surface area contributed by atoms with E-state index in [0.717, 1.165) is 22.6 Å². The number of nitrogens with one attached hydrogen (secondary N) is 1. The molecule has 1 aliphatic rings. The van der Waals surface area contributed by atoms with E-state index in [2.05, 4.69) is 44.3 Å². The highest BCUT2D eigenvalue weighted by Gasteiger charge is 2.38. The van der Waals surface area contributed by atoms with Gasteiger partial charge in [-0.05, 0) is 48.9 Å². The van der Waals surface area contributed by atoms with Gasteiger partial charge in [0.1, 0.15) is 11.8 Å². The maximum absolute atomic E-state index is 13.0. The molecule has 3 rings (SSSR count). The molecule has 1 aliphatic heterocycles. The van der Waals surface area contributed by atoms with Gasteiger partial charge in [-0.2, -0.15) is 0 Å². The zero-order valence-electron chi connectivity index (χ0n) is 17.9. The van der Waals surface area contributed by atoms with E-state index in [-0.39, 0.29) is 11.8 Å². The second-order valence-corrected chi connectivity index (χ2v) is 8.03. The summed E-state index contributed by atoms with van der Waals surface area (Å²) in [6.45, 7) is 10.9. The first kappa shape index (κ1) is 20.9. The van der Waals surface area contributed by atoms with Crippen molar-refractivity contribution in [2.75, 3.05) is 18.1 Å². The zero-order valence-corrected chi connectivity index (χ0v) is 17.9. The van der Waals surface area contributed by atoms with Crippen molar-refractivity contribution in [2.45, 2.75) is 53.0 Å². The topological polar surface area (TPSA) is 58.6 Å². The van der Waals surface area contributed by atoms with Crippen LogP contribution < -0.4 is 15.0 Å². The molecule has 1 N–H and O–H groups in total. The second-order valence-electron chi connectivity index (χ2n) is 8.03. The molecule has 2 aromatic rings. The number of hydrogen-bond donors (Lipinski definition) is 1. The number of rotatable bonds is 7. The lowest BCUT2D eigenvalue weighted by Gasteiger charge is -2.20. The monoisotopic (exact) mass is 394 g/mol. The summed E-state index contributed by atoms with van der Waals surface area (Å²) in [7, 11) is 0. The van der Waals surface area contributed by atoms with Crippen molar-refractivity contribution < 1.29 is 14.3 Å².